The number of hydrogen-bond donors (Lipinski definition) is 1. The summed E-state index contributed by atoms with van der Waals surface area (Å²) < 4.78 is 23.6. The number of nitrogens with two attached hydrogens (primary N) is 1. The predicted molar refractivity (Wildman–Crippen MR) is 81.4 cm³/mol. The number of hydrogen-bond acceptors (Lipinski definition) is 5. The molecule has 0 spiro atoms. The summed E-state index contributed by atoms with van der Waals surface area (Å²) in [6, 6.07) is -0.390. The van der Waals surface area contributed by atoms with Crippen LogP contribution >= 0.6 is 7.60 Å². The van der Waals surface area contributed by atoms with Gasteiger partial charge in [-0.15, -0.1) is 0 Å². The molecule has 0 radical (unpaired) electrons. The topological polar surface area (TPSA) is 85.1 Å². The molecule has 122 valence electrons. The quantitative estimate of drug-likeness (QED) is 0.422. The van der Waals surface area contributed by atoms with Crippen LogP contribution in [0.25, 0.3) is 0 Å². The maximum atomic E-state index is 12.9. The van der Waals surface area contributed by atoms with E-state index in [0.717, 1.165) is 23.4 Å². The van der Waals surface area contributed by atoms with Crippen molar-refractivity contribution in [2.24, 2.45) is 5.84 Å². The van der Waals surface area contributed by atoms with Crippen LogP contribution in [-0.2, 0) is 13.6 Å². The van der Waals surface area contributed by atoms with Crippen molar-refractivity contribution in [1.82, 2.24) is 9.91 Å². The van der Waals surface area contributed by atoms with Crippen LogP contribution in [0.2, 0.25) is 0 Å². The first-order valence-corrected chi connectivity index (χ1v) is 8.97. The molecule has 21 heavy (non-hydrogen) atoms. The van der Waals surface area contributed by atoms with Crippen molar-refractivity contribution >= 4 is 13.6 Å². The van der Waals surface area contributed by atoms with Gasteiger partial charge in [-0.25, -0.2) is 10.6 Å². The highest BCUT2D eigenvalue weighted by Crippen LogP contribution is 2.55. The van der Waals surface area contributed by atoms with Crippen molar-refractivity contribution in [2.75, 3.05) is 19.8 Å². The van der Waals surface area contributed by atoms with Gasteiger partial charge in [-0.1, -0.05) is 19.4 Å². The van der Waals surface area contributed by atoms with Crippen LogP contribution in [-0.4, -0.2) is 41.5 Å². The van der Waals surface area contributed by atoms with E-state index in [2.05, 4.69) is 0 Å². The lowest BCUT2D eigenvalue weighted by atomic mass is 10.2. The SMILES string of the molecule is CCOP(=O)(OCC)C1CN(N)C(=O)N1C=C(CC)CC. The summed E-state index contributed by atoms with van der Waals surface area (Å²) in [6.45, 7) is 8.12. The summed E-state index contributed by atoms with van der Waals surface area (Å²) in [4.78, 5) is 13.6. The van der Waals surface area contributed by atoms with Crippen molar-refractivity contribution in [3.05, 3.63) is 11.8 Å². The first-order chi connectivity index (χ1) is 9.93. The summed E-state index contributed by atoms with van der Waals surface area (Å²) in [6.07, 6.45) is 3.35. The number of rotatable bonds is 8. The molecule has 1 atom stereocenters. The molecule has 2 N–H and O–H groups in total. The average Bonchev–Trinajstić information content (AvgIpc) is 2.73. The van der Waals surface area contributed by atoms with E-state index >= 15 is 0 Å². The molecule has 0 aromatic carbocycles. The fourth-order valence-corrected chi connectivity index (χ4v) is 4.19. The second-order valence-electron chi connectivity index (χ2n) is 4.69. The molecular weight excluding hydrogens is 293 g/mol. The minimum absolute atomic E-state index is 0.118. The summed E-state index contributed by atoms with van der Waals surface area (Å²) in [5.74, 6) is 4.98. The van der Waals surface area contributed by atoms with Gasteiger partial charge in [0, 0.05) is 6.20 Å². The van der Waals surface area contributed by atoms with Crippen LogP contribution in [0.4, 0.5) is 4.79 Å². The molecule has 0 aliphatic carbocycles. The minimum Gasteiger partial charge on any atom is -0.307 e. The monoisotopic (exact) mass is 319 g/mol. The number of nitrogens with zero attached hydrogens (tertiary/aromatic N) is 2. The Morgan fingerprint density at radius 2 is 1.81 bits per heavy atom. The second kappa shape index (κ2) is 7.94. The first-order valence-electron chi connectivity index (χ1n) is 7.36. The number of carbonyl (C=O) groups excluding carboxylic acids is 1. The van der Waals surface area contributed by atoms with E-state index in [9.17, 15) is 9.36 Å². The lowest BCUT2D eigenvalue weighted by Gasteiger charge is -2.27. The molecule has 1 aliphatic heterocycles. The Morgan fingerprint density at radius 1 is 1.29 bits per heavy atom. The van der Waals surface area contributed by atoms with Gasteiger partial charge in [0.1, 0.15) is 0 Å². The summed E-state index contributed by atoms with van der Waals surface area (Å²) in [5, 5.41) is 1.05. The van der Waals surface area contributed by atoms with E-state index < -0.39 is 13.4 Å². The van der Waals surface area contributed by atoms with Crippen LogP contribution in [0.1, 0.15) is 40.5 Å². The Labute approximate surface area is 126 Å². The molecule has 2 amide bonds. The third kappa shape index (κ3) is 4.07. The van der Waals surface area contributed by atoms with Gasteiger partial charge in [-0.3, -0.25) is 14.5 Å². The van der Waals surface area contributed by atoms with Crippen LogP contribution in [0.3, 0.4) is 0 Å². The normalized spacial score (nSPS) is 19.3. The van der Waals surface area contributed by atoms with Gasteiger partial charge in [-0.2, -0.15) is 0 Å². The number of urea groups is 1. The molecule has 1 heterocycles. The molecule has 1 fully saturated rings. The van der Waals surface area contributed by atoms with Crippen molar-refractivity contribution in [3.63, 3.8) is 0 Å². The van der Waals surface area contributed by atoms with Crippen molar-refractivity contribution in [1.29, 1.82) is 0 Å². The Kier molecular flexibility index (Phi) is 6.87. The third-order valence-corrected chi connectivity index (χ3v) is 5.74. The van der Waals surface area contributed by atoms with Gasteiger partial charge < -0.3 is 9.05 Å². The summed E-state index contributed by atoms with van der Waals surface area (Å²) >= 11 is 0. The van der Waals surface area contributed by atoms with Gasteiger partial charge in [0.25, 0.3) is 0 Å². The highest BCUT2D eigenvalue weighted by Gasteiger charge is 2.48. The lowest BCUT2D eigenvalue weighted by Crippen LogP contribution is -2.35. The zero-order valence-corrected chi connectivity index (χ0v) is 14.1. The zero-order valence-electron chi connectivity index (χ0n) is 13.2. The van der Waals surface area contributed by atoms with Gasteiger partial charge in [-0.05, 0) is 26.7 Å². The molecular formula is C13H26N3O4P. The van der Waals surface area contributed by atoms with E-state index in [0.29, 0.717) is 0 Å². The number of allylic oxidation sites excluding steroid dienone is 1. The fraction of sp³-hybridized carbons (Fsp3) is 0.769. The average molecular weight is 319 g/mol. The molecule has 8 heteroatoms. The van der Waals surface area contributed by atoms with Gasteiger partial charge >= 0.3 is 13.6 Å². The third-order valence-electron chi connectivity index (χ3n) is 3.36. The summed E-state index contributed by atoms with van der Waals surface area (Å²) in [7, 11) is -3.44. The maximum Gasteiger partial charge on any atom is 0.355 e. The molecule has 1 unspecified atom stereocenters. The largest absolute Gasteiger partial charge is 0.355 e. The molecule has 0 bridgehead atoms. The van der Waals surface area contributed by atoms with Gasteiger partial charge in [0.2, 0.25) is 0 Å². The lowest BCUT2D eigenvalue weighted by molar-refractivity contribution is 0.190. The molecule has 1 aliphatic rings. The van der Waals surface area contributed by atoms with E-state index in [1.54, 1.807) is 20.0 Å². The first kappa shape index (κ1) is 18.2. The van der Waals surface area contributed by atoms with Gasteiger partial charge in [0.15, 0.2) is 5.78 Å². The minimum atomic E-state index is -3.44. The highest BCUT2D eigenvalue weighted by molar-refractivity contribution is 7.54. The molecule has 0 aromatic heterocycles. The Bertz CT molecular complexity index is 425. The smallest absolute Gasteiger partial charge is 0.307 e. The van der Waals surface area contributed by atoms with Crippen LogP contribution in [0, 0.1) is 0 Å². The van der Waals surface area contributed by atoms with E-state index in [1.807, 2.05) is 13.8 Å². The van der Waals surface area contributed by atoms with E-state index in [-0.39, 0.29) is 25.8 Å². The fourth-order valence-electron chi connectivity index (χ4n) is 2.21. The highest BCUT2D eigenvalue weighted by atomic mass is 31.2. The molecule has 1 saturated heterocycles. The van der Waals surface area contributed by atoms with Gasteiger partial charge in [0.05, 0.1) is 19.8 Å². The van der Waals surface area contributed by atoms with Crippen molar-refractivity contribution in [2.45, 2.75) is 46.3 Å². The Morgan fingerprint density at radius 3 is 2.24 bits per heavy atom. The zero-order chi connectivity index (χ0) is 16.0. The predicted octanol–water partition coefficient (Wildman–Crippen LogP) is 2.89. The molecule has 0 aromatic rings. The Balaban J connectivity index is 3.14. The summed E-state index contributed by atoms with van der Waals surface area (Å²) in [5.41, 5.74) is 1.07. The van der Waals surface area contributed by atoms with Crippen molar-refractivity contribution in [3.8, 4) is 0 Å². The van der Waals surface area contributed by atoms with Crippen LogP contribution in [0.15, 0.2) is 11.8 Å². The van der Waals surface area contributed by atoms with E-state index in [4.69, 9.17) is 14.9 Å². The van der Waals surface area contributed by atoms with Crippen LogP contribution < -0.4 is 5.84 Å². The standard InChI is InChI=1S/C13H26N3O4P/c1-5-11(6-2)9-15-12(10-16(14)13(15)17)21(18,19-7-3)20-8-4/h9,12H,5-8,10,14H2,1-4H3. The molecule has 0 saturated carbocycles. The van der Waals surface area contributed by atoms with Crippen molar-refractivity contribution < 1.29 is 18.4 Å². The molecule has 7 nitrogen and oxygen atoms in total. The van der Waals surface area contributed by atoms with Crippen LogP contribution in [0.5, 0.6) is 0 Å². The number of hydrazine groups is 1. The second-order valence-corrected chi connectivity index (χ2v) is 6.88. The van der Waals surface area contributed by atoms with E-state index in [1.165, 1.54) is 4.90 Å². The molecule has 1 rings (SSSR count). The number of amides is 2. The maximum absolute atomic E-state index is 12.9. The number of carbonyl (C=O) groups is 1. The Hall–Kier alpha value is -0.880.